The molecule has 0 fully saturated rings. The van der Waals surface area contributed by atoms with Gasteiger partial charge in [-0.15, -0.1) is 0 Å². The predicted octanol–water partition coefficient (Wildman–Crippen LogP) is 2.76. The van der Waals surface area contributed by atoms with Gasteiger partial charge in [-0.1, -0.05) is 24.4 Å². The summed E-state index contributed by atoms with van der Waals surface area (Å²) < 4.78 is 0. The molecule has 0 aliphatic carbocycles. The van der Waals surface area contributed by atoms with E-state index in [1.165, 1.54) is 13.0 Å². The Labute approximate surface area is 106 Å². The Bertz CT molecular complexity index is 466. The Balaban J connectivity index is 3.36. The minimum Gasteiger partial charge on any atom is -0.376 e. The van der Waals surface area contributed by atoms with Crippen LogP contribution in [0.1, 0.15) is 17.3 Å². The Morgan fingerprint density at radius 2 is 2.00 bits per heavy atom. The second-order valence-corrected chi connectivity index (χ2v) is 4.93. The summed E-state index contributed by atoms with van der Waals surface area (Å²) in [4.78, 5) is 25.5. The molecule has 4 heteroatoms. The van der Waals surface area contributed by atoms with Crippen molar-refractivity contribution >= 4 is 28.3 Å². The van der Waals surface area contributed by atoms with Crippen LogP contribution in [0.5, 0.6) is 0 Å². The lowest BCUT2D eigenvalue weighted by molar-refractivity contribution is -0.109. The van der Waals surface area contributed by atoms with Crippen LogP contribution in [0.25, 0.3) is 0 Å². The predicted molar refractivity (Wildman–Crippen MR) is 71.8 cm³/mol. The van der Waals surface area contributed by atoms with Crippen LogP contribution in [0.15, 0.2) is 35.7 Å². The van der Waals surface area contributed by atoms with Crippen molar-refractivity contribution < 1.29 is 9.59 Å². The lowest BCUT2D eigenvalue weighted by atomic mass is 10.1. The molecule has 3 nitrogen and oxygen atoms in total. The van der Waals surface area contributed by atoms with Crippen LogP contribution in [0.4, 0.5) is 5.69 Å². The topological polar surface area (TPSA) is 37.4 Å². The molecule has 0 spiro atoms. The van der Waals surface area contributed by atoms with E-state index in [0.717, 1.165) is 22.3 Å². The molecule has 0 N–H and O–H groups in total. The minimum atomic E-state index is -0.139. The van der Waals surface area contributed by atoms with E-state index >= 15 is 0 Å². The van der Waals surface area contributed by atoms with E-state index in [0.29, 0.717) is 5.56 Å². The van der Waals surface area contributed by atoms with Gasteiger partial charge in [-0.25, -0.2) is 0 Å². The van der Waals surface area contributed by atoms with Crippen molar-refractivity contribution in [1.82, 2.24) is 0 Å². The third kappa shape index (κ3) is 3.20. The smallest absolute Gasteiger partial charge is 0.190 e. The van der Waals surface area contributed by atoms with E-state index in [1.807, 2.05) is 25.1 Å². The SMILES string of the molecule is C=CC(=O)c1cccc(SC(C)=O)c1N(C)C. The molecule has 0 aromatic heterocycles. The zero-order valence-corrected chi connectivity index (χ0v) is 11.0. The number of benzene rings is 1. The molecule has 0 amide bonds. The van der Waals surface area contributed by atoms with Crippen molar-refractivity contribution in [2.45, 2.75) is 11.8 Å². The maximum atomic E-state index is 11.7. The quantitative estimate of drug-likeness (QED) is 0.467. The highest BCUT2D eigenvalue weighted by molar-refractivity contribution is 8.13. The maximum Gasteiger partial charge on any atom is 0.190 e. The number of hydrogen-bond donors (Lipinski definition) is 0. The summed E-state index contributed by atoms with van der Waals surface area (Å²) in [5.41, 5.74) is 1.33. The lowest BCUT2D eigenvalue weighted by Crippen LogP contribution is -2.14. The molecule has 0 radical (unpaired) electrons. The largest absolute Gasteiger partial charge is 0.376 e. The standard InChI is InChI=1S/C13H15NO2S/c1-5-11(16)10-7-6-8-12(17-9(2)15)13(10)14(3)4/h5-8H,1H2,2-4H3. The Hall–Kier alpha value is -1.55. The molecule has 0 aliphatic heterocycles. The molecule has 90 valence electrons. The summed E-state index contributed by atoms with van der Waals surface area (Å²) in [6, 6.07) is 5.35. The number of anilines is 1. The van der Waals surface area contributed by atoms with Crippen LogP contribution >= 0.6 is 11.8 Å². The van der Waals surface area contributed by atoms with Crippen molar-refractivity contribution in [1.29, 1.82) is 0 Å². The molecule has 0 saturated carbocycles. The molecule has 0 atom stereocenters. The molecular formula is C13H15NO2S. The van der Waals surface area contributed by atoms with E-state index < -0.39 is 0 Å². The molecule has 0 heterocycles. The van der Waals surface area contributed by atoms with Gasteiger partial charge in [0.2, 0.25) is 0 Å². The van der Waals surface area contributed by atoms with Crippen LogP contribution in [-0.2, 0) is 4.79 Å². The summed E-state index contributed by atoms with van der Waals surface area (Å²) in [6.45, 7) is 4.99. The van der Waals surface area contributed by atoms with Gasteiger partial charge in [-0.3, -0.25) is 9.59 Å². The molecule has 0 aliphatic rings. The van der Waals surface area contributed by atoms with Crippen molar-refractivity contribution in [3.63, 3.8) is 0 Å². The Kier molecular flexibility index (Phi) is 4.52. The summed E-state index contributed by atoms with van der Waals surface area (Å²) in [5.74, 6) is -0.139. The first-order valence-corrected chi connectivity index (χ1v) is 5.94. The number of carbonyl (C=O) groups is 2. The second kappa shape index (κ2) is 5.68. The highest BCUT2D eigenvalue weighted by Gasteiger charge is 2.15. The molecule has 0 bridgehead atoms. The van der Waals surface area contributed by atoms with Crippen molar-refractivity contribution in [2.75, 3.05) is 19.0 Å². The minimum absolute atomic E-state index is 0.00342. The molecule has 0 unspecified atom stereocenters. The third-order valence-electron chi connectivity index (χ3n) is 2.15. The van der Waals surface area contributed by atoms with Gasteiger partial charge in [0, 0.05) is 31.5 Å². The molecular weight excluding hydrogens is 234 g/mol. The van der Waals surface area contributed by atoms with Gasteiger partial charge in [0.15, 0.2) is 10.9 Å². The van der Waals surface area contributed by atoms with Crippen molar-refractivity contribution in [3.8, 4) is 0 Å². The van der Waals surface area contributed by atoms with Gasteiger partial charge in [0.1, 0.15) is 0 Å². The van der Waals surface area contributed by atoms with Gasteiger partial charge >= 0.3 is 0 Å². The maximum absolute atomic E-state index is 11.7. The van der Waals surface area contributed by atoms with Gasteiger partial charge < -0.3 is 4.90 Å². The normalized spacial score (nSPS) is 9.82. The average molecular weight is 249 g/mol. The summed E-state index contributed by atoms with van der Waals surface area (Å²) >= 11 is 1.13. The molecule has 0 saturated heterocycles. The Morgan fingerprint density at radius 3 is 2.47 bits per heavy atom. The second-order valence-electron chi connectivity index (χ2n) is 3.71. The number of thioether (sulfide) groups is 1. The molecule has 1 aromatic carbocycles. The van der Waals surface area contributed by atoms with Crippen molar-refractivity contribution in [2.24, 2.45) is 0 Å². The van der Waals surface area contributed by atoms with Crippen LogP contribution in [-0.4, -0.2) is 25.0 Å². The van der Waals surface area contributed by atoms with Gasteiger partial charge in [0.05, 0.1) is 5.69 Å². The fraction of sp³-hybridized carbons (Fsp3) is 0.231. The summed E-state index contributed by atoms with van der Waals surface area (Å²) in [5, 5.41) is -0.00342. The number of allylic oxidation sites excluding steroid dienone is 1. The first-order valence-electron chi connectivity index (χ1n) is 5.13. The molecule has 1 rings (SSSR count). The fourth-order valence-electron chi connectivity index (χ4n) is 1.53. The van der Waals surface area contributed by atoms with Crippen LogP contribution in [0, 0.1) is 0 Å². The van der Waals surface area contributed by atoms with Gasteiger partial charge in [0.25, 0.3) is 0 Å². The van der Waals surface area contributed by atoms with E-state index in [1.54, 1.807) is 12.1 Å². The van der Waals surface area contributed by atoms with E-state index in [9.17, 15) is 9.59 Å². The highest BCUT2D eigenvalue weighted by Crippen LogP contribution is 2.33. The summed E-state index contributed by atoms with van der Waals surface area (Å²) in [7, 11) is 3.69. The van der Waals surface area contributed by atoms with E-state index in [2.05, 4.69) is 6.58 Å². The first-order chi connectivity index (χ1) is 7.97. The zero-order chi connectivity index (χ0) is 13.0. The van der Waals surface area contributed by atoms with Crippen molar-refractivity contribution in [3.05, 3.63) is 36.4 Å². The van der Waals surface area contributed by atoms with Crippen LogP contribution < -0.4 is 4.90 Å². The number of ketones is 1. The average Bonchev–Trinajstić information content (AvgIpc) is 2.26. The van der Waals surface area contributed by atoms with E-state index in [4.69, 9.17) is 0 Å². The van der Waals surface area contributed by atoms with Crippen LogP contribution in [0.2, 0.25) is 0 Å². The van der Waals surface area contributed by atoms with Gasteiger partial charge in [-0.2, -0.15) is 0 Å². The number of nitrogens with zero attached hydrogens (tertiary/aromatic N) is 1. The lowest BCUT2D eigenvalue weighted by Gasteiger charge is -2.19. The molecule has 17 heavy (non-hydrogen) atoms. The Morgan fingerprint density at radius 1 is 1.35 bits per heavy atom. The first kappa shape index (κ1) is 13.5. The number of carbonyl (C=O) groups excluding carboxylic acids is 2. The van der Waals surface area contributed by atoms with Gasteiger partial charge in [-0.05, 0) is 18.2 Å². The fourth-order valence-corrected chi connectivity index (χ4v) is 2.38. The summed E-state index contributed by atoms with van der Waals surface area (Å²) in [6.07, 6.45) is 1.28. The highest BCUT2D eigenvalue weighted by atomic mass is 32.2. The van der Waals surface area contributed by atoms with E-state index in [-0.39, 0.29) is 10.9 Å². The van der Waals surface area contributed by atoms with Crippen LogP contribution in [0.3, 0.4) is 0 Å². The number of para-hydroxylation sites is 1. The zero-order valence-electron chi connectivity index (χ0n) is 10.2. The number of hydrogen-bond acceptors (Lipinski definition) is 4. The monoisotopic (exact) mass is 249 g/mol. The number of rotatable bonds is 4. The molecule has 1 aromatic rings. The third-order valence-corrected chi connectivity index (χ3v) is 2.99.